The van der Waals surface area contributed by atoms with Gasteiger partial charge in [0.1, 0.15) is 29.5 Å². The second-order valence-corrected chi connectivity index (χ2v) is 7.47. The third kappa shape index (κ3) is 4.78. The Kier molecular flexibility index (Phi) is 7.05. The summed E-state index contributed by atoms with van der Waals surface area (Å²) in [4.78, 5) is 25.3. The van der Waals surface area contributed by atoms with Crippen LogP contribution in [0.5, 0.6) is 5.75 Å². The molecule has 0 spiro atoms. The van der Waals surface area contributed by atoms with Crippen molar-refractivity contribution in [1.82, 2.24) is 9.78 Å². The van der Waals surface area contributed by atoms with Crippen LogP contribution < -0.4 is 4.74 Å². The molecule has 0 saturated carbocycles. The van der Waals surface area contributed by atoms with Crippen LogP contribution in [-0.4, -0.2) is 35.9 Å². The van der Waals surface area contributed by atoms with E-state index in [1.54, 1.807) is 30.3 Å². The van der Waals surface area contributed by atoms with E-state index in [0.717, 1.165) is 26.4 Å². The zero-order chi connectivity index (χ0) is 25.8. The fraction of sp³-hybridized carbons (Fsp3) is 0.115. The molecule has 0 saturated heterocycles. The highest BCUT2D eigenvalue weighted by Gasteiger charge is 2.31. The molecule has 184 valence electrons. The number of hydrogen-bond acceptors (Lipinski definition) is 6. The van der Waals surface area contributed by atoms with Crippen molar-refractivity contribution >= 4 is 11.9 Å². The summed E-state index contributed by atoms with van der Waals surface area (Å²) >= 11 is 0. The number of carbonyl (C=O) groups is 2. The van der Waals surface area contributed by atoms with E-state index in [0.29, 0.717) is 11.8 Å². The number of hydrogen-bond donors (Lipinski definition) is 0. The largest absolute Gasteiger partial charge is 0.486 e. The highest BCUT2D eigenvalue weighted by atomic mass is 19.1. The number of para-hydroxylation sites is 1. The zero-order valence-electron chi connectivity index (χ0n) is 19.1. The lowest BCUT2D eigenvalue weighted by Crippen LogP contribution is -2.15. The van der Waals surface area contributed by atoms with Crippen molar-refractivity contribution in [3.63, 3.8) is 0 Å². The zero-order valence-corrected chi connectivity index (χ0v) is 19.1. The number of esters is 2. The van der Waals surface area contributed by atoms with E-state index in [2.05, 4.69) is 5.10 Å². The maximum atomic E-state index is 15.0. The molecule has 4 rings (SSSR count). The van der Waals surface area contributed by atoms with Gasteiger partial charge in [-0.2, -0.15) is 5.10 Å². The molecule has 0 aliphatic carbocycles. The third-order valence-corrected chi connectivity index (χ3v) is 5.26. The lowest BCUT2D eigenvalue weighted by molar-refractivity contribution is 0.0549. The Morgan fingerprint density at radius 3 is 2.22 bits per heavy atom. The molecule has 1 aromatic heterocycles. The monoisotopic (exact) mass is 496 g/mol. The van der Waals surface area contributed by atoms with Crippen LogP contribution in [0.4, 0.5) is 13.2 Å². The van der Waals surface area contributed by atoms with E-state index in [1.807, 2.05) is 0 Å². The molecule has 0 aliphatic rings. The van der Waals surface area contributed by atoms with Gasteiger partial charge in [-0.1, -0.05) is 18.2 Å². The van der Waals surface area contributed by atoms with E-state index in [-0.39, 0.29) is 40.4 Å². The number of aromatic nitrogens is 2. The van der Waals surface area contributed by atoms with E-state index in [1.165, 1.54) is 22.9 Å². The van der Waals surface area contributed by atoms with Crippen LogP contribution in [-0.2, 0) is 16.1 Å². The number of methoxy groups -OCH3 is 2. The first-order valence-electron chi connectivity index (χ1n) is 10.6. The van der Waals surface area contributed by atoms with Crippen LogP contribution >= 0.6 is 0 Å². The van der Waals surface area contributed by atoms with Gasteiger partial charge in [-0.3, -0.25) is 0 Å². The topological polar surface area (TPSA) is 79.7 Å². The molecule has 0 radical (unpaired) electrons. The van der Waals surface area contributed by atoms with Crippen LogP contribution in [0.3, 0.4) is 0 Å². The lowest BCUT2D eigenvalue weighted by Gasteiger charge is -2.09. The number of carbonyl (C=O) groups excluding carboxylic acids is 2. The fourth-order valence-corrected chi connectivity index (χ4v) is 3.52. The van der Waals surface area contributed by atoms with Gasteiger partial charge in [-0.15, -0.1) is 0 Å². The first kappa shape index (κ1) is 24.5. The summed E-state index contributed by atoms with van der Waals surface area (Å²) in [6, 6.07) is 15.2. The van der Waals surface area contributed by atoms with Crippen molar-refractivity contribution in [2.45, 2.75) is 6.61 Å². The summed E-state index contributed by atoms with van der Waals surface area (Å²) in [6.45, 7) is -0.342. The van der Waals surface area contributed by atoms with Crippen LogP contribution in [0.1, 0.15) is 26.4 Å². The van der Waals surface area contributed by atoms with Gasteiger partial charge in [0, 0.05) is 17.2 Å². The van der Waals surface area contributed by atoms with Gasteiger partial charge in [-0.05, 0) is 42.5 Å². The molecule has 10 heteroatoms. The molecule has 0 N–H and O–H groups in total. The maximum absolute atomic E-state index is 15.0. The minimum absolute atomic E-state index is 0.0267. The van der Waals surface area contributed by atoms with Gasteiger partial charge in [-0.25, -0.2) is 27.4 Å². The predicted molar refractivity (Wildman–Crippen MR) is 122 cm³/mol. The molecule has 4 aromatic rings. The summed E-state index contributed by atoms with van der Waals surface area (Å²) in [7, 11) is 2.29. The van der Waals surface area contributed by atoms with Crippen molar-refractivity contribution in [3.05, 3.63) is 101 Å². The minimum atomic E-state index is -0.875. The summed E-state index contributed by atoms with van der Waals surface area (Å²) < 4.78 is 58.2. The van der Waals surface area contributed by atoms with E-state index < -0.39 is 29.4 Å². The Labute approximate surface area is 203 Å². The Morgan fingerprint density at radius 1 is 0.861 bits per heavy atom. The molecule has 36 heavy (non-hydrogen) atoms. The first-order chi connectivity index (χ1) is 17.3. The molecule has 7 nitrogen and oxygen atoms in total. The molecule has 0 fully saturated rings. The van der Waals surface area contributed by atoms with E-state index >= 15 is 0 Å². The molecular weight excluding hydrogens is 477 g/mol. The smallest absolute Gasteiger partial charge is 0.357 e. The van der Waals surface area contributed by atoms with Gasteiger partial charge >= 0.3 is 11.9 Å². The molecular formula is C26H19F3N2O5. The summed E-state index contributed by atoms with van der Waals surface area (Å²) in [5.74, 6) is -4.33. The molecule has 0 aliphatic heterocycles. The summed E-state index contributed by atoms with van der Waals surface area (Å²) in [6.07, 6.45) is 0. The van der Waals surface area contributed by atoms with Crippen molar-refractivity contribution in [2.24, 2.45) is 0 Å². The van der Waals surface area contributed by atoms with Crippen molar-refractivity contribution in [2.75, 3.05) is 14.2 Å². The van der Waals surface area contributed by atoms with Crippen molar-refractivity contribution < 1.29 is 37.0 Å². The Bertz CT molecular complexity index is 1440. The summed E-state index contributed by atoms with van der Waals surface area (Å²) in [5.41, 5.74) is 0.204. The molecule has 1 heterocycles. The van der Waals surface area contributed by atoms with E-state index in [9.17, 15) is 22.8 Å². The highest BCUT2D eigenvalue weighted by molar-refractivity contribution is 6.06. The van der Waals surface area contributed by atoms with Crippen molar-refractivity contribution in [1.29, 1.82) is 0 Å². The van der Waals surface area contributed by atoms with Gasteiger partial charge in [0.05, 0.1) is 19.9 Å². The summed E-state index contributed by atoms with van der Waals surface area (Å²) in [5, 5.41) is 4.40. The van der Waals surface area contributed by atoms with Gasteiger partial charge < -0.3 is 14.2 Å². The number of ether oxygens (including phenoxy) is 3. The SMILES string of the molecule is COC(=O)c1c(-c2ccc(OCc3ccc(F)cc3F)c(F)c2)nn(-c2ccccc2)c1C(=O)OC. The van der Waals surface area contributed by atoms with Gasteiger partial charge in [0.25, 0.3) is 0 Å². The molecule has 0 bridgehead atoms. The Hall–Kier alpha value is -4.60. The Balaban J connectivity index is 1.76. The third-order valence-electron chi connectivity index (χ3n) is 5.26. The number of rotatable bonds is 7. The van der Waals surface area contributed by atoms with Gasteiger partial charge in [0.15, 0.2) is 17.3 Å². The molecule has 0 atom stereocenters. The van der Waals surface area contributed by atoms with Crippen LogP contribution in [0.2, 0.25) is 0 Å². The first-order valence-corrected chi connectivity index (χ1v) is 10.6. The number of benzene rings is 3. The van der Waals surface area contributed by atoms with Crippen LogP contribution in [0, 0.1) is 17.5 Å². The van der Waals surface area contributed by atoms with Crippen molar-refractivity contribution in [3.8, 4) is 22.7 Å². The molecule has 0 unspecified atom stereocenters. The van der Waals surface area contributed by atoms with Crippen LogP contribution in [0.25, 0.3) is 16.9 Å². The standard InChI is InChI=1S/C26H19F3N2O5/c1-34-25(32)22-23(30-31(24(22)26(33)35-2)18-6-4-3-5-7-18)15-9-11-21(20(29)12-15)36-14-16-8-10-17(27)13-19(16)28/h3-13H,14H2,1-2H3. The average molecular weight is 496 g/mol. The Morgan fingerprint density at radius 2 is 1.58 bits per heavy atom. The van der Waals surface area contributed by atoms with Gasteiger partial charge in [0.2, 0.25) is 0 Å². The average Bonchev–Trinajstić information content (AvgIpc) is 3.29. The number of halogens is 3. The van der Waals surface area contributed by atoms with E-state index in [4.69, 9.17) is 14.2 Å². The van der Waals surface area contributed by atoms with Crippen LogP contribution in [0.15, 0.2) is 66.7 Å². The minimum Gasteiger partial charge on any atom is -0.486 e. The second-order valence-electron chi connectivity index (χ2n) is 7.47. The quantitative estimate of drug-likeness (QED) is 0.331. The normalized spacial score (nSPS) is 10.7. The second kappa shape index (κ2) is 10.3. The number of nitrogens with zero attached hydrogens (tertiary/aromatic N) is 2. The molecule has 3 aromatic carbocycles. The lowest BCUT2D eigenvalue weighted by atomic mass is 10.1. The maximum Gasteiger partial charge on any atom is 0.357 e. The predicted octanol–water partition coefficient (Wildman–Crippen LogP) is 5.11. The molecule has 0 amide bonds. The fourth-order valence-electron chi connectivity index (χ4n) is 3.52. The highest BCUT2D eigenvalue weighted by Crippen LogP contribution is 2.32.